The van der Waals surface area contributed by atoms with E-state index in [1.165, 1.54) is 11.3 Å². The maximum Gasteiger partial charge on any atom is 0.299 e. The summed E-state index contributed by atoms with van der Waals surface area (Å²) in [7, 11) is 0. The van der Waals surface area contributed by atoms with Crippen LogP contribution in [0, 0.1) is 0 Å². The third-order valence-corrected chi connectivity index (χ3v) is 4.31. The van der Waals surface area contributed by atoms with Crippen LogP contribution in [0.5, 0.6) is 10.9 Å². The zero-order valence-corrected chi connectivity index (χ0v) is 13.8. The van der Waals surface area contributed by atoms with Gasteiger partial charge in [-0.05, 0) is 23.5 Å². The van der Waals surface area contributed by atoms with Gasteiger partial charge in [0.25, 0.3) is 5.19 Å². The third kappa shape index (κ3) is 3.01. The van der Waals surface area contributed by atoms with E-state index in [0.717, 1.165) is 16.2 Å². The minimum Gasteiger partial charge on any atom is -0.428 e. The van der Waals surface area contributed by atoms with Gasteiger partial charge in [0, 0.05) is 22.8 Å². The molecule has 8 heteroatoms. The van der Waals surface area contributed by atoms with E-state index in [1.54, 1.807) is 23.0 Å². The topological polar surface area (TPSA) is 52.3 Å². The van der Waals surface area contributed by atoms with Gasteiger partial charge in [0.05, 0.1) is 23.1 Å². The summed E-state index contributed by atoms with van der Waals surface area (Å²) in [6.45, 7) is 0. The molecule has 23 heavy (non-hydrogen) atoms. The zero-order chi connectivity index (χ0) is 15.8. The lowest BCUT2D eigenvalue weighted by molar-refractivity contribution is 0.468. The quantitative estimate of drug-likeness (QED) is 0.517. The molecule has 0 amide bonds. The molecule has 0 saturated carbocycles. The van der Waals surface area contributed by atoms with Crippen molar-refractivity contribution in [2.45, 2.75) is 0 Å². The van der Waals surface area contributed by atoms with Gasteiger partial charge in [0.1, 0.15) is 5.75 Å². The largest absolute Gasteiger partial charge is 0.428 e. The highest BCUT2D eigenvalue weighted by Crippen LogP contribution is 2.29. The van der Waals surface area contributed by atoms with E-state index in [4.69, 9.17) is 27.9 Å². The Kier molecular flexibility index (Phi) is 3.65. The molecule has 0 N–H and O–H groups in total. The molecule has 3 aromatic heterocycles. The summed E-state index contributed by atoms with van der Waals surface area (Å²) in [6, 6.07) is 9.18. The molecule has 3 heterocycles. The summed E-state index contributed by atoms with van der Waals surface area (Å²) >= 11 is 13.1. The van der Waals surface area contributed by atoms with Crippen LogP contribution in [-0.4, -0.2) is 19.6 Å². The molecule has 0 unspecified atom stereocenters. The van der Waals surface area contributed by atoms with Gasteiger partial charge < -0.3 is 4.74 Å². The molecular weight excluding hydrogens is 355 g/mol. The summed E-state index contributed by atoms with van der Waals surface area (Å²) in [5, 5.41) is 6.03. The van der Waals surface area contributed by atoms with Crippen LogP contribution in [0.1, 0.15) is 0 Å². The van der Waals surface area contributed by atoms with Crippen LogP contribution in [0.3, 0.4) is 0 Å². The third-order valence-electron chi connectivity index (χ3n) is 3.05. The SMILES string of the molecule is Clc1ccc(-c2cn3nc(Oc4cncc(Cl)c4)sc3n2)cc1. The summed E-state index contributed by atoms with van der Waals surface area (Å²) in [6.07, 6.45) is 4.97. The lowest BCUT2D eigenvalue weighted by Crippen LogP contribution is -1.86. The zero-order valence-electron chi connectivity index (χ0n) is 11.5. The average molecular weight is 363 g/mol. The number of nitrogens with zero attached hydrogens (tertiary/aromatic N) is 4. The molecule has 0 saturated heterocycles. The van der Waals surface area contributed by atoms with Gasteiger partial charge in [0.2, 0.25) is 4.96 Å². The van der Waals surface area contributed by atoms with Crippen molar-refractivity contribution in [3.63, 3.8) is 0 Å². The normalized spacial score (nSPS) is 11.0. The van der Waals surface area contributed by atoms with Crippen molar-refractivity contribution in [2.75, 3.05) is 0 Å². The number of hydrogen-bond acceptors (Lipinski definition) is 5. The molecule has 0 aliphatic carbocycles. The number of imidazole rings is 1. The molecule has 0 radical (unpaired) electrons. The standard InChI is InChI=1S/C15H8Cl2N4OS/c16-10-3-1-9(2-4-10)13-8-21-14(19-13)23-15(20-21)22-12-5-11(17)6-18-7-12/h1-8H. The fourth-order valence-electron chi connectivity index (χ4n) is 2.03. The van der Waals surface area contributed by atoms with E-state index in [0.29, 0.717) is 21.0 Å². The van der Waals surface area contributed by atoms with Crippen LogP contribution < -0.4 is 4.74 Å². The van der Waals surface area contributed by atoms with Gasteiger partial charge in [-0.25, -0.2) is 9.50 Å². The number of pyridine rings is 1. The second-order valence-electron chi connectivity index (χ2n) is 4.67. The first-order valence-electron chi connectivity index (χ1n) is 6.58. The van der Waals surface area contributed by atoms with Crippen molar-refractivity contribution >= 4 is 39.5 Å². The number of aromatic nitrogens is 4. The van der Waals surface area contributed by atoms with E-state index in [2.05, 4.69) is 15.1 Å². The Morgan fingerprint density at radius 1 is 1.04 bits per heavy atom. The fourth-order valence-corrected chi connectivity index (χ4v) is 3.08. The van der Waals surface area contributed by atoms with E-state index >= 15 is 0 Å². The van der Waals surface area contributed by atoms with E-state index in [1.807, 2.05) is 30.5 Å². The van der Waals surface area contributed by atoms with Gasteiger partial charge in [-0.1, -0.05) is 35.3 Å². The van der Waals surface area contributed by atoms with Crippen molar-refractivity contribution in [2.24, 2.45) is 0 Å². The van der Waals surface area contributed by atoms with Gasteiger partial charge in [-0.15, -0.1) is 5.10 Å². The predicted octanol–water partition coefficient (Wildman–Crippen LogP) is 4.95. The molecule has 0 aliphatic rings. The molecule has 1 aromatic carbocycles. The molecule has 4 rings (SSSR count). The van der Waals surface area contributed by atoms with Crippen LogP contribution in [0.2, 0.25) is 10.0 Å². The Morgan fingerprint density at radius 3 is 2.61 bits per heavy atom. The minimum absolute atomic E-state index is 0.472. The van der Waals surface area contributed by atoms with E-state index < -0.39 is 0 Å². The Balaban J connectivity index is 1.62. The highest BCUT2D eigenvalue weighted by Gasteiger charge is 2.11. The minimum atomic E-state index is 0.472. The summed E-state index contributed by atoms with van der Waals surface area (Å²) < 4.78 is 7.33. The highest BCUT2D eigenvalue weighted by molar-refractivity contribution is 7.18. The fraction of sp³-hybridized carbons (Fsp3) is 0. The van der Waals surface area contributed by atoms with Crippen LogP contribution in [0.4, 0.5) is 0 Å². The smallest absolute Gasteiger partial charge is 0.299 e. The van der Waals surface area contributed by atoms with Gasteiger partial charge in [-0.2, -0.15) is 0 Å². The van der Waals surface area contributed by atoms with Crippen LogP contribution in [-0.2, 0) is 0 Å². The van der Waals surface area contributed by atoms with Crippen LogP contribution >= 0.6 is 34.5 Å². The van der Waals surface area contributed by atoms with Crippen LogP contribution in [0.25, 0.3) is 16.2 Å². The first-order chi connectivity index (χ1) is 11.2. The van der Waals surface area contributed by atoms with Crippen LogP contribution in [0.15, 0.2) is 48.9 Å². The average Bonchev–Trinajstić information content (AvgIpc) is 3.06. The van der Waals surface area contributed by atoms with Crippen molar-refractivity contribution in [1.82, 2.24) is 19.6 Å². The molecule has 0 bridgehead atoms. The molecule has 4 aromatic rings. The van der Waals surface area contributed by atoms with Crippen molar-refractivity contribution in [3.05, 3.63) is 59.0 Å². The molecule has 0 spiro atoms. The number of benzene rings is 1. The lowest BCUT2D eigenvalue weighted by atomic mass is 10.2. The number of fused-ring (bicyclic) bond motifs is 1. The van der Waals surface area contributed by atoms with Gasteiger partial charge in [-0.3, -0.25) is 4.98 Å². The van der Waals surface area contributed by atoms with E-state index in [9.17, 15) is 0 Å². The molecule has 0 atom stereocenters. The predicted molar refractivity (Wildman–Crippen MR) is 90.6 cm³/mol. The van der Waals surface area contributed by atoms with Crippen molar-refractivity contribution in [1.29, 1.82) is 0 Å². The molecule has 114 valence electrons. The number of rotatable bonds is 3. The first kappa shape index (κ1) is 14.4. The Labute approximate surface area is 145 Å². The Bertz CT molecular complexity index is 949. The molecular formula is C15H8Cl2N4OS. The Morgan fingerprint density at radius 2 is 1.87 bits per heavy atom. The monoisotopic (exact) mass is 362 g/mol. The summed E-state index contributed by atoms with van der Waals surface area (Å²) in [5.74, 6) is 0.535. The second kappa shape index (κ2) is 5.81. The maximum absolute atomic E-state index is 5.90. The summed E-state index contributed by atoms with van der Waals surface area (Å²) in [4.78, 5) is 9.25. The second-order valence-corrected chi connectivity index (χ2v) is 6.46. The maximum atomic E-state index is 5.90. The van der Waals surface area contributed by atoms with Crippen molar-refractivity contribution in [3.8, 4) is 22.2 Å². The first-order valence-corrected chi connectivity index (χ1v) is 8.15. The molecule has 0 aliphatic heterocycles. The van der Waals surface area contributed by atoms with Gasteiger partial charge >= 0.3 is 0 Å². The lowest BCUT2D eigenvalue weighted by Gasteiger charge is -1.99. The van der Waals surface area contributed by atoms with E-state index in [-0.39, 0.29) is 0 Å². The molecule has 5 nitrogen and oxygen atoms in total. The summed E-state index contributed by atoms with van der Waals surface area (Å²) in [5.41, 5.74) is 1.81. The number of halogens is 2. The Hall–Kier alpha value is -2.15. The number of hydrogen-bond donors (Lipinski definition) is 0. The highest BCUT2D eigenvalue weighted by atomic mass is 35.5. The number of ether oxygens (including phenoxy) is 1. The van der Waals surface area contributed by atoms with Gasteiger partial charge in [0.15, 0.2) is 0 Å². The molecule has 0 fully saturated rings. The van der Waals surface area contributed by atoms with Crippen molar-refractivity contribution < 1.29 is 4.74 Å².